The number of aromatic nitrogens is 1. The number of pyridine rings is 1. The van der Waals surface area contributed by atoms with Crippen LogP contribution in [0.2, 0.25) is 5.02 Å². The zero-order chi connectivity index (χ0) is 14.5. The number of halogens is 2. The number of methoxy groups -OCH3 is 1. The Morgan fingerprint density at radius 2 is 2.00 bits per heavy atom. The van der Waals surface area contributed by atoms with Crippen molar-refractivity contribution in [1.82, 2.24) is 4.98 Å². The summed E-state index contributed by atoms with van der Waals surface area (Å²) in [5, 5.41) is 0.642. The van der Waals surface area contributed by atoms with Gasteiger partial charge in [0.05, 0.1) is 18.7 Å². The summed E-state index contributed by atoms with van der Waals surface area (Å²) in [6.45, 7) is 2.27. The van der Waals surface area contributed by atoms with Crippen molar-refractivity contribution in [3.05, 3.63) is 52.3 Å². The van der Waals surface area contributed by atoms with Crippen LogP contribution in [-0.2, 0) is 12.5 Å². The van der Waals surface area contributed by atoms with Crippen LogP contribution in [0.25, 0.3) is 0 Å². The highest BCUT2D eigenvalue weighted by Gasteiger charge is 2.06. The van der Waals surface area contributed by atoms with Crippen molar-refractivity contribution < 1.29 is 9.47 Å². The Hall–Kier alpha value is -1.45. The first-order valence-corrected chi connectivity index (χ1v) is 7.02. The molecule has 0 radical (unpaired) electrons. The van der Waals surface area contributed by atoms with Crippen LogP contribution in [0.1, 0.15) is 17.0 Å². The van der Waals surface area contributed by atoms with Crippen molar-refractivity contribution in [3.8, 4) is 11.5 Å². The van der Waals surface area contributed by atoms with Crippen LogP contribution in [0, 0.1) is 6.92 Å². The summed E-state index contributed by atoms with van der Waals surface area (Å²) in [6.07, 6.45) is 0. The molecule has 0 aliphatic rings. The summed E-state index contributed by atoms with van der Waals surface area (Å²) in [5.74, 6) is 1.83. The van der Waals surface area contributed by atoms with Gasteiger partial charge in [-0.1, -0.05) is 11.6 Å². The Morgan fingerprint density at radius 1 is 1.20 bits per heavy atom. The number of hydrogen-bond acceptors (Lipinski definition) is 3. The van der Waals surface area contributed by atoms with Crippen LogP contribution in [-0.4, -0.2) is 12.1 Å². The van der Waals surface area contributed by atoms with E-state index in [4.69, 9.17) is 32.7 Å². The van der Waals surface area contributed by atoms with Crippen molar-refractivity contribution >= 4 is 23.2 Å². The van der Waals surface area contributed by atoms with E-state index in [0.29, 0.717) is 23.3 Å². The molecule has 0 bridgehead atoms. The number of alkyl halides is 1. The summed E-state index contributed by atoms with van der Waals surface area (Å²) in [5.41, 5.74) is 2.55. The number of ether oxygens (including phenoxy) is 2. The first-order chi connectivity index (χ1) is 9.62. The Kier molecular flexibility index (Phi) is 5.10. The average Bonchev–Trinajstić information content (AvgIpc) is 2.45. The Labute approximate surface area is 128 Å². The lowest BCUT2D eigenvalue weighted by molar-refractivity contribution is 0.297. The topological polar surface area (TPSA) is 31.4 Å². The van der Waals surface area contributed by atoms with Crippen molar-refractivity contribution in [2.75, 3.05) is 7.11 Å². The van der Waals surface area contributed by atoms with E-state index < -0.39 is 0 Å². The summed E-state index contributed by atoms with van der Waals surface area (Å²) < 4.78 is 11.0. The minimum absolute atomic E-state index is 0.348. The van der Waals surface area contributed by atoms with E-state index in [9.17, 15) is 0 Å². The summed E-state index contributed by atoms with van der Waals surface area (Å²) >= 11 is 11.8. The lowest BCUT2D eigenvalue weighted by atomic mass is 10.2. The normalized spacial score (nSPS) is 10.4. The van der Waals surface area contributed by atoms with E-state index >= 15 is 0 Å². The van der Waals surface area contributed by atoms with E-state index in [0.717, 1.165) is 22.7 Å². The molecule has 0 saturated heterocycles. The van der Waals surface area contributed by atoms with Crippen LogP contribution in [0.3, 0.4) is 0 Å². The Balaban J connectivity index is 2.14. The van der Waals surface area contributed by atoms with Crippen LogP contribution >= 0.6 is 23.2 Å². The predicted molar refractivity (Wildman–Crippen MR) is 80.9 cm³/mol. The third kappa shape index (κ3) is 3.78. The quantitative estimate of drug-likeness (QED) is 0.768. The van der Waals surface area contributed by atoms with Gasteiger partial charge in [0.25, 0.3) is 0 Å². The highest BCUT2D eigenvalue weighted by molar-refractivity contribution is 6.30. The molecule has 0 fully saturated rings. The summed E-state index contributed by atoms with van der Waals surface area (Å²) in [4.78, 5) is 4.41. The minimum Gasteiger partial charge on any atom is -0.497 e. The molecule has 20 heavy (non-hydrogen) atoms. The molecule has 5 heteroatoms. The molecule has 1 aromatic heterocycles. The third-order valence-electron chi connectivity index (χ3n) is 2.76. The van der Waals surface area contributed by atoms with Crippen LogP contribution in [0.15, 0.2) is 30.3 Å². The monoisotopic (exact) mass is 311 g/mol. The molecule has 2 rings (SSSR count). The van der Waals surface area contributed by atoms with E-state index in [2.05, 4.69) is 4.98 Å². The smallest absolute Gasteiger partial charge is 0.130 e. The van der Waals surface area contributed by atoms with E-state index in [1.165, 1.54) is 0 Å². The van der Waals surface area contributed by atoms with Crippen molar-refractivity contribution in [3.63, 3.8) is 0 Å². The van der Waals surface area contributed by atoms with Gasteiger partial charge in [0.1, 0.15) is 18.1 Å². The highest BCUT2D eigenvalue weighted by Crippen LogP contribution is 2.25. The standard InChI is InChI=1S/C15H15Cl2NO2/c1-10-5-14(19-2)7-13(18-10)9-20-15-4-3-12(17)6-11(15)8-16/h3-7H,8-9H2,1-2H3. The largest absolute Gasteiger partial charge is 0.497 e. The first kappa shape index (κ1) is 14.9. The SMILES string of the molecule is COc1cc(C)nc(COc2ccc(Cl)cc2CCl)c1. The maximum Gasteiger partial charge on any atom is 0.130 e. The van der Waals surface area contributed by atoms with Gasteiger partial charge < -0.3 is 9.47 Å². The van der Waals surface area contributed by atoms with Gasteiger partial charge in [0, 0.05) is 28.4 Å². The van der Waals surface area contributed by atoms with Crippen molar-refractivity contribution in [2.24, 2.45) is 0 Å². The Morgan fingerprint density at radius 3 is 2.70 bits per heavy atom. The fraction of sp³-hybridized carbons (Fsp3) is 0.267. The van der Waals surface area contributed by atoms with Crippen LogP contribution in [0.4, 0.5) is 0 Å². The summed E-state index contributed by atoms with van der Waals surface area (Å²) in [7, 11) is 1.63. The average molecular weight is 312 g/mol. The number of benzene rings is 1. The molecule has 0 N–H and O–H groups in total. The van der Waals surface area contributed by atoms with Gasteiger partial charge in [0.15, 0.2) is 0 Å². The lowest BCUT2D eigenvalue weighted by Crippen LogP contribution is -2.02. The van der Waals surface area contributed by atoms with Crippen LogP contribution in [0.5, 0.6) is 11.5 Å². The Bertz CT molecular complexity index is 602. The van der Waals surface area contributed by atoms with Crippen LogP contribution < -0.4 is 9.47 Å². The summed E-state index contributed by atoms with van der Waals surface area (Å²) in [6, 6.07) is 9.11. The molecule has 0 saturated carbocycles. The molecule has 1 aromatic carbocycles. The third-order valence-corrected chi connectivity index (χ3v) is 3.28. The molecular weight excluding hydrogens is 297 g/mol. The zero-order valence-electron chi connectivity index (χ0n) is 11.3. The first-order valence-electron chi connectivity index (χ1n) is 6.11. The van der Waals surface area contributed by atoms with Gasteiger partial charge in [-0.2, -0.15) is 0 Å². The molecule has 1 heterocycles. The number of rotatable bonds is 5. The minimum atomic E-state index is 0.348. The van der Waals surface area contributed by atoms with Gasteiger partial charge in [-0.15, -0.1) is 11.6 Å². The fourth-order valence-corrected chi connectivity index (χ4v) is 2.24. The van der Waals surface area contributed by atoms with E-state index in [-0.39, 0.29) is 0 Å². The zero-order valence-corrected chi connectivity index (χ0v) is 12.8. The van der Waals surface area contributed by atoms with Crippen molar-refractivity contribution in [2.45, 2.75) is 19.4 Å². The second kappa shape index (κ2) is 6.82. The van der Waals surface area contributed by atoms with E-state index in [1.54, 1.807) is 19.2 Å². The second-order valence-electron chi connectivity index (χ2n) is 4.31. The maximum atomic E-state index is 5.93. The molecule has 0 amide bonds. The molecular formula is C15H15Cl2NO2. The molecule has 3 nitrogen and oxygen atoms in total. The molecule has 0 aliphatic heterocycles. The van der Waals surface area contributed by atoms with Gasteiger partial charge >= 0.3 is 0 Å². The maximum absolute atomic E-state index is 5.93. The molecule has 0 spiro atoms. The number of aryl methyl sites for hydroxylation is 1. The van der Waals surface area contributed by atoms with E-state index in [1.807, 2.05) is 25.1 Å². The number of nitrogens with zero attached hydrogens (tertiary/aromatic N) is 1. The van der Waals surface area contributed by atoms with Crippen molar-refractivity contribution in [1.29, 1.82) is 0 Å². The molecule has 0 atom stereocenters. The van der Waals surface area contributed by atoms with Gasteiger partial charge in [-0.25, -0.2) is 0 Å². The predicted octanol–water partition coefficient (Wildman–Crippen LogP) is 4.37. The van der Waals surface area contributed by atoms with Gasteiger partial charge in [0.2, 0.25) is 0 Å². The number of hydrogen-bond donors (Lipinski definition) is 0. The molecule has 106 valence electrons. The fourth-order valence-electron chi connectivity index (χ4n) is 1.84. The second-order valence-corrected chi connectivity index (χ2v) is 5.02. The molecule has 2 aromatic rings. The van der Waals surface area contributed by atoms with Gasteiger partial charge in [-0.3, -0.25) is 4.98 Å². The lowest BCUT2D eigenvalue weighted by Gasteiger charge is -2.11. The molecule has 0 aliphatic carbocycles. The highest BCUT2D eigenvalue weighted by atomic mass is 35.5. The van der Waals surface area contributed by atoms with Gasteiger partial charge in [-0.05, 0) is 25.1 Å². The molecule has 0 unspecified atom stereocenters.